The van der Waals surface area contributed by atoms with E-state index in [9.17, 15) is 21.6 Å². The van der Waals surface area contributed by atoms with Crippen molar-refractivity contribution in [2.45, 2.75) is 18.2 Å². The number of nitrogens with one attached hydrogen (secondary N) is 1. The van der Waals surface area contributed by atoms with Crippen LogP contribution in [0.3, 0.4) is 0 Å². The van der Waals surface area contributed by atoms with E-state index in [1.807, 2.05) is 0 Å². The first-order valence-corrected chi connectivity index (χ1v) is 8.86. The number of aromatic nitrogens is 4. The largest absolute Gasteiger partial charge is 0.573 e. The summed E-state index contributed by atoms with van der Waals surface area (Å²) in [6.45, 7) is 1.62. The van der Waals surface area contributed by atoms with Gasteiger partial charge in [0.1, 0.15) is 17.0 Å². The molecule has 1 aromatic heterocycles. The van der Waals surface area contributed by atoms with Crippen molar-refractivity contribution in [1.29, 1.82) is 0 Å². The van der Waals surface area contributed by atoms with Crippen molar-refractivity contribution in [1.82, 2.24) is 20.2 Å². The van der Waals surface area contributed by atoms with E-state index in [1.165, 1.54) is 29.2 Å². The predicted molar refractivity (Wildman–Crippen MR) is 87.8 cm³/mol. The van der Waals surface area contributed by atoms with Crippen molar-refractivity contribution >= 4 is 15.7 Å². The molecule has 2 aromatic carbocycles. The fraction of sp³-hybridized carbons (Fsp3) is 0.133. The molecule has 12 heteroatoms. The van der Waals surface area contributed by atoms with Crippen LogP contribution in [-0.2, 0) is 10.0 Å². The van der Waals surface area contributed by atoms with Crippen LogP contribution in [0.25, 0.3) is 5.69 Å². The number of alkyl halides is 3. The van der Waals surface area contributed by atoms with Gasteiger partial charge in [0, 0.05) is 0 Å². The van der Waals surface area contributed by atoms with E-state index in [1.54, 1.807) is 19.1 Å². The molecule has 0 fully saturated rings. The summed E-state index contributed by atoms with van der Waals surface area (Å²) in [5.74, 6) is -0.827. The summed E-state index contributed by atoms with van der Waals surface area (Å²) in [6.07, 6.45) is -3.70. The normalized spacial score (nSPS) is 12.0. The molecule has 3 aromatic rings. The Bertz CT molecular complexity index is 1050. The number of rotatable bonds is 5. The number of sulfonamides is 1. The van der Waals surface area contributed by atoms with Crippen molar-refractivity contribution in [3.05, 3.63) is 54.4 Å². The van der Waals surface area contributed by atoms with Gasteiger partial charge in [0.05, 0.1) is 11.4 Å². The van der Waals surface area contributed by atoms with E-state index in [-0.39, 0.29) is 5.69 Å². The number of nitrogens with zero attached hydrogens (tertiary/aromatic N) is 4. The molecule has 1 N–H and O–H groups in total. The molecule has 27 heavy (non-hydrogen) atoms. The Morgan fingerprint density at radius 2 is 1.85 bits per heavy atom. The van der Waals surface area contributed by atoms with Gasteiger partial charge in [-0.15, -0.1) is 18.3 Å². The molecule has 0 aliphatic heterocycles. The van der Waals surface area contributed by atoms with Gasteiger partial charge in [-0.1, -0.05) is 18.2 Å². The average molecular weight is 399 g/mol. The van der Waals surface area contributed by atoms with Gasteiger partial charge in [0.15, 0.2) is 0 Å². The second-order valence-corrected chi connectivity index (χ2v) is 6.95. The maximum atomic E-state index is 12.7. The van der Waals surface area contributed by atoms with Gasteiger partial charge in [-0.3, -0.25) is 4.72 Å². The van der Waals surface area contributed by atoms with Gasteiger partial charge < -0.3 is 4.74 Å². The summed E-state index contributed by atoms with van der Waals surface area (Å²) in [5.41, 5.74) is 1.13. The second kappa shape index (κ2) is 6.87. The molecule has 0 bridgehead atoms. The van der Waals surface area contributed by atoms with Gasteiger partial charge >= 0.3 is 6.36 Å². The Kier molecular flexibility index (Phi) is 4.74. The molecular formula is C15H12F3N5O3S. The van der Waals surface area contributed by atoms with Crippen LogP contribution in [0.4, 0.5) is 18.9 Å². The number of benzene rings is 2. The minimum Gasteiger partial charge on any atom is -0.404 e. The lowest BCUT2D eigenvalue weighted by atomic mass is 10.1. The predicted octanol–water partition coefficient (Wildman–Crippen LogP) is 2.67. The summed E-state index contributed by atoms with van der Waals surface area (Å²) in [4.78, 5) is -0.644. The van der Waals surface area contributed by atoms with Crippen LogP contribution in [-0.4, -0.2) is 35.0 Å². The maximum absolute atomic E-state index is 12.7. The highest BCUT2D eigenvalue weighted by molar-refractivity contribution is 7.92. The Morgan fingerprint density at radius 3 is 2.52 bits per heavy atom. The molecule has 3 rings (SSSR count). The molecular weight excluding hydrogens is 387 g/mol. The first-order chi connectivity index (χ1) is 12.7. The van der Waals surface area contributed by atoms with Crippen LogP contribution in [0.2, 0.25) is 0 Å². The minimum absolute atomic E-state index is 0.157. The van der Waals surface area contributed by atoms with E-state index in [4.69, 9.17) is 0 Å². The smallest absolute Gasteiger partial charge is 0.404 e. The van der Waals surface area contributed by atoms with Crippen LogP contribution in [0.1, 0.15) is 5.56 Å². The molecule has 142 valence electrons. The fourth-order valence-electron chi connectivity index (χ4n) is 2.33. The topological polar surface area (TPSA) is 99.0 Å². The Hall–Kier alpha value is -3.15. The van der Waals surface area contributed by atoms with E-state index in [0.29, 0.717) is 11.3 Å². The lowest BCUT2D eigenvalue weighted by molar-refractivity contribution is -0.275. The summed E-state index contributed by atoms with van der Waals surface area (Å²) in [5, 5.41) is 10.7. The quantitative estimate of drug-likeness (QED) is 0.708. The Labute approximate surface area is 151 Å². The summed E-state index contributed by atoms with van der Waals surface area (Å²) < 4.78 is 70.4. The number of ether oxygens (including phenoxy) is 1. The van der Waals surface area contributed by atoms with Gasteiger partial charge in [-0.25, -0.2) is 13.1 Å². The molecule has 0 spiro atoms. The van der Waals surface area contributed by atoms with Gasteiger partial charge in [0.25, 0.3) is 10.0 Å². The number of hydrogen-bond donors (Lipinski definition) is 1. The summed E-state index contributed by atoms with van der Waals surface area (Å²) in [6, 6.07) is 9.15. The highest BCUT2D eigenvalue weighted by atomic mass is 32.2. The van der Waals surface area contributed by atoms with Gasteiger partial charge in [-0.2, -0.15) is 0 Å². The number of hydrogen-bond acceptors (Lipinski definition) is 6. The van der Waals surface area contributed by atoms with E-state index < -0.39 is 27.0 Å². The van der Waals surface area contributed by atoms with Crippen LogP contribution in [0.5, 0.6) is 5.75 Å². The molecule has 0 saturated carbocycles. The Morgan fingerprint density at radius 1 is 1.11 bits per heavy atom. The first kappa shape index (κ1) is 18.6. The fourth-order valence-corrected chi connectivity index (χ4v) is 3.59. The molecule has 0 saturated heterocycles. The molecule has 0 unspecified atom stereocenters. The second-order valence-electron chi connectivity index (χ2n) is 5.30. The molecule has 0 amide bonds. The molecule has 0 aliphatic carbocycles. The first-order valence-electron chi connectivity index (χ1n) is 7.38. The maximum Gasteiger partial charge on any atom is 0.573 e. The summed E-state index contributed by atoms with van der Waals surface area (Å²) in [7, 11) is -4.36. The standard InChI is InChI=1S/C15H12F3N5O3S/c1-10-11(5-4-6-12(10)23-9-19-21-22-23)20-27(24,25)14-8-3-2-7-13(14)26-15(16,17)18/h2-9,20H,1H3. The van der Waals surface area contributed by atoms with Crippen LogP contribution >= 0.6 is 0 Å². The average Bonchev–Trinajstić information content (AvgIpc) is 3.10. The minimum atomic E-state index is -5.03. The number of halogens is 3. The molecule has 1 heterocycles. The Balaban J connectivity index is 1.98. The highest BCUT2D eigenvalue weighted by Crippen LogP contribution is 2.31. The van der Waals surface area contributed by atoms with Crippen LogP contribution in [0.15, 0.2) is 53.7 Å². The van der Waals surface area contributed by atoms with Crippen LogP contribution in [0, 0.1) is 6.92 Å². The molecule has 0 radical (unpaired) electrons. The van der Waals surface area contributed by atoms with E-state index in [0.717, 1.165) is 12.1 Å². The lowest BCUT2D eigenvalue weighted by Crippen LogP contribution is -2.21. The van der Waals surface area contributed by atoms with Crippen molar-refractivity contribution < 1.29 is 26.3 Å². The zero-order valence-electron chi connectivity index (χ0n) is 13.7. The monoisotopic (exact) mass is 399 g/mol. The number of anilines is 1. The summed E-state index contributed by atoms with van der Waals surface area (Å²) >= 11 is 0. The highest BCUT2D eigenvalue weighted by Gasteiger charge is 2.34. The van der Waals surface area contributed by atoms with Crippen LogP contribution < -0.4 is 9.46 Å². The molecule has 0 atom stereocenters. The van der Waals surface area contributed by atoms with E-state index in [2.05, 4.69) is 25.0 Å². The zero-order chi connectivity index (χ0) is 19.7. The molecule has 8 nitrogen and oxygen atoms in total. The third kappa shape index (κ3) is 4.16. The SMILES string of the molecule is Cc1c(NS(=O)(=O)c2ccccc2OC(F)(F)F)cccc1-n1cnnn1. The zero-order valence-corrected chi connectivity index (χ0v) is 14.5. The van der Waals surface area contributed by atoms with Gasteiger partial charge in [-0.05, 0) is 47.2 Å². The van der Waals surface area contributed by atoms with Crippen molar-refractivity contribution in [2.75, 3.05) is 4.72 Å². The van der Waals surface area contributed by atoms with Crippen molar-refractivity contribution in [3.8, 4) is 11.4 Å². The van der Waals surface area contributed by atoms with E-state index >= 15 is 0 Å². The number of para-hydroxylation sites is 1. The third-order valence-electron chi connectivity index (χ3n) is 3.51. The van der Waals surface area contributed by atoms with Crippen molar-refractivity contribution in [3.63, 3.8) is 0 Å². The van der Waals surface area contributed by atoms with Gasteiger partial charge in [0.2, 0.25) is 0 Å². The van der Waals surface area contributed by atoms with Crippen molar-refractivity contribution in [2.24, 2.45) is 0 Å². The number of tetrazole rings is 1. The molecule has 0 aliphatic rings. The lowest BCUT2D eigenvalue weighted by Gasteiger charge is -2.16. The third-order valence-corrected chi connectivity index (χ3v) is 4.91.